The molecule has 0 radical (unpaired) electrons. The molecular weight excluding hydrogens is 501 g/mol. The Morgan fingerprint density at radius 1 is 1.12 bits per heavy atom. The van der Waals surface area contributed by atoms with Crippen LogP contribution in [0, 0.1) is 6.92 Å². The van der Waals surface area contributed by atoms with Crippen LogP contribution >= 0.6 is 0 Å². The SMILES string of the molecule is COc1c2ccoc2c(S(=O)(=O)Nc2ccc(-c3c[se]nn3)cc2)c2oc(C)cc(=O)c12. The van der Waals surface area contributed by atoms with Crippen molar-refractivity contribution in [1.82, 2.24) is 9.19 Å². The fourth-order valence-corrected chi connectivity index (χ4v) is 5.86. The number of hydrogen-bond acceptors (Lipinski definition) is 8. The number of nitrogens with zero attached hydrogens (tertiary/aromatic N) is 2. The minimum absolute atomic E-state index is 0.00147. The first kappa shape index (κ1) is 20.5. The second-order valence-corrected chi connectivity index (χ2v) is 9.82. The van der Waals surface area contributed by atoms with E-state index in [4.69, 9.17) is 13.6 Å². The summed E-state index contributed by atoms with van der Waals surface area (Å²) in [7, 11) is -2.81. The van der Waals surface area contributed by atoms with Crippen molar-refractivity contribution in [2.24, 2.45) is 0 Å². The van der Waals surface area contributed by atoms with Crippen LogP contribution in [0.3, 0.4) is 0 Å². The van der Waals surface area contributed by atoms with E-state index < -0.39 is 15.5 Å². The van der Waals surface area contributed by atoms with Crippen LogP contribution in [0.2, 0.25) is 0 Å². The number of methoxy groups -OCH3 is 1. The van der Waals surface area contributed by atoms with Gasteiger partial charge in [0, 0.05) is 6.07 Å². The molecule has 5 aromatic rings. The van der Waals surface area contributed by atoms with Gasteiger partial charge in [-0.05, 0) is 6.92 Å². The average Bonchev–Trinajstić information content (AvgIpc) is 3.44. The molecule has 5 rings (SSSR count). The third kappa shape index (κ3) is 3.31. The van der Waals surface area contributed by atoms with Crippen molar-refractivity contribution in [3.05, 3.63) is 63.6 Å². The van der Waals surface area contributed by atoms with Gasteiger partial charge in [-0.15, -0.1) is 0 Å². The van der Waals surface area contributed by atoms with E-state index in [9.17, 15) is 13.2 Å². The monoisotopic (exact) mass is 517 g/mol. The maximum atomic E-state index is 13.5. The summed E-state index contributed by atoms with van der Waals surface area (Å²) in [5.41, 5.74) is 1.41. The van der Waals surface area contributed by atoms with Gasteiger partial charge in [-0.2, -0.15) is 0 Å². The first-order valence-corrected chi connectivity index (χ1v) is 12.5. The second kappa shape index (κ2) is 7.63. The number of benzene rings is 2. The molecule has 3 aromatic heterocycles. The Morgan fingerprint density at radius 3 is 2.59 bits per heavy atom. The summed E-state index contributed by atoms with van der Waals surface area (Å²) in [5.74, 6) is 0.457. The number of nitrogens with one attached hydrogen (secondary N) is 1. The van der Waals surface area contributed by atoms with Crippen molar-refractivity contribution in [2.45, 2.75) is 11.8 Å². The van der Waals surface area contributed by atoms with Crippen molar-refractivity contribution >= 4 is 52.4 Å². The van der Waals surface area contributed by atoms with E-state index in [1.807, 2.05) is 4.94 Å². The summed E-state index contributed by atoms with van der Waals surface area (Å²) in [5, 5.41) is 4.45. The molecule has 0 spiro atoms. The third-order valence-corrected chi connectivity index (χ3v) is 7.36. The molecule has 1 N–H and O–H groups in total. The van der Waals surface area contributed by atoms with Gasteiger partial charge in [0.15, 0.2) is 0 Å². The predicted molar refractivity (Wildman–Crippen MR) is 119 cm³/mol. The van der Waals surface area contributed by atoms with Gasteiger partial charge in [-0.25, -0.2) is 0 Å². The zero-order valence-electron chi connectivity index (χ0n) is 16.8. The van der Waals surface area contributed by atoms with E-state index >= 15 is 0 Å². The Hall–Kier alpha value is -3.40. The van der Waals surface area contributed by atoms with Crippen LogP contribution in [0.15, 0.2) is 66.1 Å². The first-order chi connectivity index (χ1) is 15.4. The van der Waals surface area contributed by atoms with Gasteiger partial charge < -0.3 is 4.74 Å². The molecule has 0 saturated carbocycles. The van der Waals surface area contributed by atoms with Crippen LogP contribution in [0.1, 0.15) is 5.76 Å². The van der Waals surface area contributed by atoms with Crippen LogP contribution < -0.4 is 14.9 Å². The van der Waals surface area contributed by atoms with Gasteiger partial charge in [0.2, 0.25) is 0 Å². The zero-order chi connectivity index (χ0) is 22.5. The zero-order valence-corrected chi connectivity index (χ0v) is 19.3. The van der Waals surface area contributed by atoms with Crippen molar-refractivity contribution in [2.75, 3.05) is 11.8 Å². The Bertz CT molecular complexity index is 1620. The van der Waals surface area contributed by atoms with E-state index in [1.165, 1.54) is 19.4 Å². The Kier molecular flexibility index (Phi) is 4.89. The van der Waals surface area contributed by atoms with Crippen LogP contribution in [0.5, 0.6) is 5.75 Å². The van der Waals surface area contributed by atoms with E-state index in [0.29, 0.717) is 11.1 Å². The summed E-state index contributed by atoms with van der Waals surface area (Å²) < 4.78 is 50.1. The third-order valence-electron chi connectivity index (χ3n) is 4.89. The van der Waals surface area contributed by atoms with Gasteiger partial charge in [0.05, 0.1) is 7.11 Å². The summed E-state index contributed by atoms with van der Waals surface area (Å²) in [6.07, 6.45) is 1.34. The number of hydrogen-bond donors (Lipinski definition) is 1. The molecule has 32 heavy (non-hydrogen) atoms. The van der Waals surface area contributed by atoms with Gasteiger partial charge >= 0.3 is 158 Å². The summed E-state index contributed by atoms with van der Waals surface area (Å²) in [6.45, 7) is 1.57. The summed E-state index contributed by atoms with van der Waals surface area (Å²) >= 11 is 0.00147. The number of aryl methyl sites for hydroxylation is 1. The quantitative estimate of drug-likeness (QED) is 0.353. The van der Waals surface area contributed by atoms with Crippen LogP contribution in [0.4, 0.5) is 5.69 Å². The van der Waals surface area contributed by atoms with Gasteiger partial charge in [0.1, 0.15) is 0 Å². The van der Waals surface area contributed by atoms with Crippen molar-refractivity contribution in [1.29, 1.82) is 0 Å². The van der Waals surface area contributed by atoms with Gasteiger partial charge in [0.25, 0.3) is 0 Å². The Balaban J connectivity index is 1.69. The van der Waals surface area contributed by atoms with E-state index in [2.05, 4.69) is 13.9 Å². The molecular formula is C21H15N3O6SSe. The van der Waals surface area contributed by atoms with E-state index in [0.717, 1.165) is 11.3 Å². The fourth-order valence-electron chi connectivity index (χ4n) is 3.55. The van der Waals surface area contributed by atoms with Crippen LogP contribution in [-0.4, -0.2) is 39.5 Å². The number of ether oxygens (including phenoxy) is 1. The predicted octanol–water partition coefficient (Wildman–Crippen LogP) is 3.17. The van der Waals surface area contributed by atoms with Crippen molar-refractivity contribution in [3.63, 3.8) is 0 Å². The normalized spacial score (nSPS) is 11.8. The first-order valence-electron chi connectivity index (χ1n) is 9.31. The van der Waals surface area contributed by atoms with Crippen LogP contribution in [-0.2, 0) is 10.0 Å². The molecule has 162 valence electrons. The second-order valence-electron chi connectivity index (χ2n) is 6.92. The number of rotatable bonds is 5. The number of sulfonamides is 1. The summed E-state index contributed by atoms with van der Waals surface area (Å²) in [6, 6.07) is 9.59. The average molecular weight is 516 g/mol. The van der Waals surface area contributed by atoms with Crippen molar-refractivity contribution in [3.8, 4) is 17.0 Å². The molecule has 0 bridgehead atoms. The molecule has 0 unspecified atom stereocenters. The molecule has 11 heteroatoms. The molecule has 3 heterocycles. The van der Waals surface area contributed by atoms with Crippen LogP contribution in [0.25, 0.3) is 33.2 Å². The standard InChI is InChI=1S/C21H15N3O6SSe/c1-11-9-16(25)17-18(28-2)14-7-8-29-19(14)21(20(17)30-11)31(26,27)23-13-5-3-12(4-6-13)15-10-32-24-22-15/h3-10,23H,1-2H3. The molecule has 0 atom stereocenters. The molecule has 0 fully saturated rings. The molecule has 0 aliphatic rings. The number of aromatic nitrogens is 2. The number of furan rings is 1. The number of anilines is 1. The Labute approximate surface area is 187 Å². The molecule has 0 aliphatic heterocycles. The molecule has 9 nitrogen and oxygen atoms in total. The van der Waals surface area contributed by atoms with E-state index in [-0.39, 0.29) is 47.7 Å². The molecule has 0 saturated heterocycles. The molecule has 0 amide bonds. The van der Waals surface area contributed by atoms with Gasteiger partial charge in [-0.1, -0.05) is 0 Å². The minimum atomic E-state index is -4.21. The maximum absolute atomic E-state index is 13.5. The van der Waals surface area contributed by atoms with E-state index in [1.54, 1.807) is 37.3 Å². The van der Waals surface area contributed by atoms with Crippen molar-refractivity contribution < 1.29 is 22.0 Å². The number of fused-ring (bicyclic) bond motifs is 2. The molecule has 0 aliphatic carbocycles. The Morgan fingerprint density at radius 2 is 1.91 bits per heavy atom. The molecule has 2 aromatic carbocycles. The summed E-state index contributed by atoms with van der Waals surface area (Å²) in [4.78, 5) is 14.4. The topological polar surface area (TPSA) is 125 Å². The van der Waals surface area contributed by atoms with Gasteiger partial charge in [-0.3, -0.25) is 4.79 Å². The fraction of sp³-hybridized carbons (Fsp3) is 0.0952.